The summed E-state index contributed by atoms with van der Waals surface area (Å²) in [4.78, 5) is 42.4. The molecule has 7 heteroatoms. The van der Waals surface area contributed by atoms with Crippen LogP contribution in [-0.2, 0) is 9.59 Å². The van der Waals surface area contributed by atoms with Crippen molar-refractivity contribution in [2.75, 3.05) is 26.2 Å². The molecule has 2 aliphatic rings. The van der Waals surface area contributed by atoms with Gasteiger partial charge in [-0.1, -0.05) is 20.8 Å². The quantitative estimate of drug-likeness (QED) is 0.702. The Hall–Kier alpha value is -1.63. The van der Waals surface area contributed by atoms with Crippen molar-refractivity contribution in [3.63, 3.8) is 0 Å². The number of primary amides is 1. The number of urea groups is 1. The van der Waals surface area contributed by atoms with Crippen molar-refractivity contribution in [2.24, 2.45) is 11.7 Å². The summed E-state index contributed by atoms with van der Waals surface area (Å²) in [5.74, 6) is -0.464. The molecule has 0 unspecified atom stereocenters. The van der Waals surface area contributed by atoms with Gasteiger partial charge in [-0.25, -0.2) is 4.79 Å². The Morgan fingerprint density at radius 2 is 1.80 bits per heavy atom. The van der Waals surface area contributed by atoms with E-state index in [1.54, 1.807) is 4.90 Å². The molecule has 2 heterocycles. The molecule has 0 aliphatic carbocycles. The van der Waals surface area contributed by atoms with Gasteiger partial charge < -0.3 is 15.5 Å². The number of carbonyl (C=O) groups excluding carboxylic acids is 3. The predicted molar refractivity (Wildman–Crippen MR) is 95.8 cm³/mol. The predicted octanol–water partition coefficient (Wildman–Crippen LogP) is 1.42. The molecule has 1 spiro atoms. The third kappa shape index (κ3) is 3.81. The average Bonchev–Trinajstić information content (AvgIpc) is 2.74. The Morgan fingerprint density at radius 3 is 2.28 bits per heavy atom. The lowest BCUT2D eigenvalue weighted by atomic mass is 9.85. The van der Waals surface area contributed by atoms with Crippen molar-refractivity contribution in [1.29, 1.82) is 0 Å². The van der Waals surface area contributed by atoms with Crippen LogP contribution in [-0.4, -0.2) is 70.3 Å². The van der Waals surface area contributed by atoms with Crippen molar-refractivity contribution in [3.8, 4) is 0 Å². The van der Waals surface area contributed by atoms with Crippen LogP contribution in [0, 0.1) is 5.92 Å². The van der Waals surface area contributed by atoms with Gasteiger partial charge >= 0.3 is 6.03 Å². The Morgan fingerprint density at radius 1 is 1.20 bits per heavy atom. The van der Waals surface area contributed by atoms with Gasteiger partial charge in [0.25, 0.3) is 5.91 Å². The zero-order chi connectivity index (χ0) is 18.8. The zero-order valence-electron chi connectivity index (χ0n) is 16.0. The van der Waals surface area contributed by atoms with Gasteiger partial charge in [-0.05, 0) is 38.5 Å². The van der Waals surface area contributed by atoms with Gasteiger partial charge in [-0.15, -0.1) is 0 Å². The number of hydrogen-bond acceptors (Lipinski definition) is 4. The van der Waals surface area contributed by atoms with Crippen LogP contribution in [0.15, 0.2) is 0 Å². The first-order chi connectivity index (χ1) is 11.7. The van der Waals surface area contributed by atoms with Crippen LogP contribution in [0.25, 0.3) is 0 Å². The Balaban J connectivity index is 2.23. The molecule has 4 amide bonds. The van der Waals surface area contributed by atoms with Gasteiger partial charge in [0.1, 0.15) is 12.1 Å². The topological polar surface area (TPSA) is 87.0 Å². The molecule has 2 saturated heterocycles. The van der Waals surface area contributed by atoms with Gasteiger partial charge in [0.2, 0.25) is 5.91 Å². The highest BCUT2D eigenvalue weighted by atomic mass is 16.2. The van der Waals surface area contributed by atoms with E-state index in [1.807, 2.05) is 0 Å². The van der Waals surface area contributed by atoms with Crippen LogP contribution in [0.2, 0.25) is 0 Å². The Kier molecular flexibility index (Phi) is 6.08. The lowest BCUT2D eigenvalue weighted by Gasteiger charge is -2.44. The number of hydrogen-bond donors (Lipinski definition) is 1. The smallest absolute Gasteiger partial charge is 0.328 e. The molecular weight excluding hydrogens is 320 g/mol. The fourth-order valence-electron chi connectivity index (χ4n) is 3.85. The molecule has 0 aromatic carbocycles. The molecule has 25 heavy (non-hydrogen) atoms. The lowest BCUT2D eigenvalue weighted by molar-refractivity contribution is -0.138. The molecule has 1 atom stereocenters. The first-order valence-corrected chi connectivity index (χ1v) is 9.38. The number of nitrogens with two attached hydrogens (primary N) is 1. The molecule has 2 fully saturated rings. The fraction of sp³-hybridized carbons (Fsp3) is 0.833. The lowest BCUT2D eigenvalue weighted by Crippen LogP contribution is -2.58. The molecule has 2 rings (SSSR count). The van der Waals surface area contributed by atoms with Crippen molar-refractivity contribution >= 4 is 17.8 Å². The van der Waals surface area contributed by atoms with E-state index in [4.69, 9.17) is 5.73 Å². The molecule has 2 aliphatic heterocycles. The summed E-state index contributed by atoms with van der Waals surface area (Å²) in [5.41, 5.74) is 4.45. The minimum absolute atomic E-state index is 0.246. The monoisotopic (exact) mass is 352 g/mol. The van der Waals surface area contributed by atoms with Crippen LogP contribution in [0.4, 0.5) is 4.79 Å². The van der Waals surface area contributed by atoms with Crippen molar-refractivity contribution in [1.82, 2.24) is 14.7 Å². The highest BCUT2D eigenvalue weighted by Crippen LogP contribution is 2.38. The third-order valence-corrected chi connectivity index (χ3v) is 5.71. The van der Waals surface area contributed by atoms with E-state index in [-0.39, 0.29) is 18.5 Å². The standard InChI is InChI=1S/C18H32N4O3/c1-5-14(4)20-10-7-18(8-11-20)16(24)21(12-15(19)23)17(25)22(18)9-6-13(2)3/h13-14H,5-12H2,1-4H3,(H2,19,23)/t14-/m0/s1. The maximum atomic E-state index is 13.1. The van der Waals surface area contributed by atoms with Crippen molar-refractivity contribution in [2.45, 2.75) is 65.0 Å². The van der Waals surface area contributed by atoms with Crippen LogP contribution in [0.5, 0.6) is 0 Å². The number of amides is 4. The molecule has 0 aromatic heterocycles. The molecule has 0 aromatic rings. The molecule has 0 bridgehead atoms. The molecule has 0 radical (unpaired) electrons. The largest absolute Gasteiger partial charge is 0.368 e. The van der Waals surface area contributed by atoms with Gasteiger partial charge in [0.05, 0.1) is 0 Å². The number of likely N-dealkylation sites (tertiary alicyclic amines) is 1. The van der Waals surface area contributed by atoms with Gasteiger partial charge in [-0.2, -0.15) is 0 Å². The summed E-state index contributed by atoms with van der Waals surface area (Å²) < 4.78 is 0. The number of imide groups is 1. The number of carbonyl (C=O) groups is 3. The summed E-state index contributed by atoms with van der Waals surface area (Å²) in [6.45, 7) is 10.3. The average molecular weight is 352 g/mol. The normalized spacial score (nSPS) is 22.3. The Bertz CT molecular complexity index is 526. The third-order valence-electron chi connectivity index (χ3n) is 5.71. The summed E-state index contributed by atoms with van der Waals surface area (Å²) in [6.07, 6.45) is 3.13. The summed E-state index contributed by atoms with van der Waals surface area (Å²) >= 11 is 0. The molecule has 142 valence electrons. The molecule has 2 N–H and O–H groups in total. The minimum atomic E-state index is -0.800. The van der Waals surface area contributed by atoms with E-state index in [0.29, 0.717) is 31.3 Å². The zero-order valence-corrected chi connectivity index (χ0v) is 16.0. The first kappa shape index (κ1) is 19.7. The summed E-state index contributed by atoms with van der Waals surface area (Å²) in [7, 11) is 0. The van der Waals surface area contributed by atoms with Gasteiger partial charge in [0.15, 0.2) is 0 Å². The second-order valence-electron chi connectivity index (χ2n) is 7.80. The first-order valence-electron chi connectivity index (χ1n) is 9.38. The highest BCUT2D eigenvalue weighted by molar-refractivity contribution is 6.09. The maximum Gasteiger partial charge on any atom is 0.328 e. The van der Waals surface area contributed by atoms with Crippen molar-refractivity contribution < 1.29 is 14.4 Å². The SMILES string of the molecule is CC[C@H](C)N1CCC2(CC1)C(=O)N(CC(N)=O)C(=O)N2CCC(C)C. The Labute approximate surface area is 150 Å². The van der Waals surface area contributed by atoms with Crippen LogP contribution in [0.1, 0.15) is 53.4 Å². The summed E-state index contributed by atoms with van der Waals surface area (Å²) in [5, 5.41) is 0. The van der Waals surface area contributed by atoms with E-state index in [0.717, 1.165) is 30.8 Å². The summed E-state index contributed by atoms with van der Waals surface area (Å²) in [6, 6.07) is 0.108. The van der Waals surface area contributed by atoms with E-state index in [1.165, 1.54) is 0 Å². The van der Waals surface area contributed by atoms with Crippen molar-refractivity contribution in [3.05, 3.63) is 0 Å². The van der Waals surface area contributed by atoms with Gasteiger partial charge in [-0.3, -0.25) is 14.5 Å². The van der Waals surface area contributed by atoms with E-state index in [9.17, 15) is 14.4 Å². The second-order valence-corrected chi connectivity index (χ2v) is 7.80. The fourth-order valence-corrected chi connectivity index (χ4v) is 3.85. The second kappa shape index (κ2) is 7.72. The molecular formula is C18H32N4O3. The van der Waals surface area contributed by atoms with E-state index in [2.05, 4.69) is 32.6 Å². The minimum Gasteiger partial charge on any atom is -0.368 e. The number of piperidine rings is 1. The van der Waals surface area contributed by atoms with Gasteiger partial charge in [0, 0.05) is 25.7 Å². The number of rotatable bonds is 7. The van der Waals surface area contributed by atoms with Crippen LogP contribution < -0.4 is 5.73 Å². The highest BCUT2D eigenvalue weighted by Gasteiger charge is 2.58. The van der Waals surface area contributed by atoms with E-state index >= 15 is 0 Å². The molecule has 0 saturated carbocycles. The van der Waals surface area contributed by atoms with Crippen LogP contribution in [0.3, 0.4) is 0 Å². The number of nitrogens with zero attached hydrogens (tertiary/aromatic N) is 3. The van der Waals surface area contributed by atoms with Crippen LogP contribution >= 0.6 is 0 Å². The van der Waals surface area contributed by atoms with E-state index < -0.39 is 11.4 Å². The maximum absolute atomic E-state index is 13.1. The molecule has 7 nitrogen and oxygen atoms in total.